The lowest BCUT2D eigenvalue weighted by molar-refractivity contribution is -0.204. The van der Waals surface area contributed by atoms with Crippen LogP contribution in [0.5, 0.6) is 0 Å². The number of aliphatic hydroxyl groups is 1. The van der Waals surface area contributed by atoms with Crippen LogP contribution in [0.25, 0.3) is 0 Å². The van der Waals surface area contributed by atoms with E-state index in [1.807, 2.05) is 0 Å². The minimum atomic E-state index is -1.69. The predicted molar refractivity (Wildman–Crippen MR) is 63.1 cm³/mol. The van der Waals surface area contributed by atoms with Gasteiger partial charge in [-0.3, -0.25) is 14.4 Å². The Balaban J connectivity index is 2.58. The predicted octanol–water partition coefficient (Wildman–Crippen LogP) is 0.226. The minimum Gasteiger partial charge on any atom is -0.481 e. The van der Waals surface area contributed by atoms with Gasteiger partial charge >= 0.3 is 11.9 Å². The number of carboxylic acid groups (broad SMARTS) is 1. The van der Waals surface area contributed by atoms with E-state index in [1.165, 1.54) is 14.0 Å². The number of carbonyl (C=O) groups excluding carboxylic acids is 2. The Morgan fingerprint density at radius 3 is 2.42 bits per heavy atom. The van der Waals surface area contributed by atoms with Crippen LogP contribution in [0.1, 0.15) is 26.7 Å². The van der Waals surface area contributed by atoms with Gasteiger partial charge in [0.05, 0.1) is 18.9 Å². The molecule has 0 aromatic carbocycles. The largest absolute Gasteiger partial charge is 0.481 e. The Hall–Kier alpha value is -1.43. The molecule has 3 rings (SSSR count). The Morgan fingerprint density at radius 1 is 1.37 bits per heavy atom. The highest BCUT2D eigenvalue weighted by molar-refractivity contribution is 6.00. The van der Waals surface area contributed by atoms with E-state index < -0.39 is 46.5 Å². The highest BCUT2D eigenvalue weighted by Crippen LogP contribution is 2.58. The van der Waals surface area contributed by atoms with Gasteiger partial charge in [0, 0.05) is 11.3 Å². The topological polar surface area (TPSA) is 101 Å². The number of hydrogen-bond donors (Lipinski definition) is 2. The monoisotopic (exact) mass is 270 g/mol. The quantitative estimate of drug-likeness (QED) is 0.696. The van der Waals surface area contributed by atoms with E-state index in [0.717, 1.165) is 0 Å². The standard InChI is InChI=1S/C13H18O6/c1-12-5-4-6(13(2,18)11(12)17)7(9(14)15)8(12)10(16)19-3/h6-8,18H,4-5H2,1-3H3,(H,14,15). The molecule has 0 aromatic heterocycles. The van der Waals surface area contributed by atoms with Gasteiger partial charge in [-0.1, -0.05) is 6.92 Å². The summed E-state index contributed by atoms with van der Waals surface area (Å²) in [6.45, 7) is 2.90. The Kier molecular flexibility index (Phi) is 2.97. The molecule has 2 N–H and O–H groups in total. The third kappa shape index (κ3) is 1.62. The molecular weight excluding hydrogens is 252 g/mol. The van der Waals surface area contributed by atoms with Crippen LogP contribution in [0.15, 0.2) is 0 Å². The van der Waals surface area contributed by atoms with Gasteiger partial charge in [0.15, 0.2) is 5.78 Å². The number of Topliss-reactive ketones (excluding diaryl/α,β-unsaturated/α-hetero) is 1. The second kappa shape index (κ2) is 4.03. The van der Waals surface area contributed by atoms with E-state index in [0.29, 0.717) is 12.8 Å². The van der Waals surface area contributed by atoms with Gasteiger partial charge in [0.2, 0.25) is 0 Å². The number of aliphatic carboxylic acids is 1. The van der Waals surface area contributed by atoms with Crippen molar-refractivity contribution in [1.82, 2.24) is 0 Å². The van der Waals surface area contributed by atoms with Crippen molar-refractivity contribution in [1.29, 1.82) is 0 Å². The Morgan fingerprint density at radius 2 is 1.95 bits per heavy atom. The lowest BCUT2D eigenvalue weighted by Gasteiger charge is -2.56. The Bertz CT molecular complexity index is 454. The summed E-state index contributed by atoms with van der Waals surface area (Å²) in [5, 5.41) is 19.7. The molecule has 2 bridgehead atoms. The van der Waals surface area contributed by atoms with Gasteiger partial charge in [-0.15, -0.1) is 0 Å². The van der Waals surface area contributed by atoms with Crippen molar-refractivity contribution in [2.24, 2.45) is 23.2 Å². The van der Waals surface area contributed by atoms with Gasteiger partial charge in [0.1, 0.15) is 5.60 Å². The normalized spacial score (nSPS) is 45.1. The molecule has 3 aliphatic rings. The third-order valence-corrected chi connectivity index (χ3v) is 4.89. The maximum atomic E-state index is 12.4. The van der Waals surface area contributed by atoms with Crippen LogP contribution in [0.2, 0.25) is 0 Å². The first kappa shape index (κ1) is 14.0. The average molecular weight is 270 g/mol. The van der Waals surface area contributed by atoms with E-state index in [1.54, 1.807) is 6.92 Å². The molecule has 3 aliphatic carbocycles. The van der Waals surface area contributed by atoms with Crippen molar-refractivity contribution in [3.8, 4) is 0 Å². The molecule has 0 heterocycles. The summed E-state index contributed by atoms with van der Waals surface area (Å²) >= 11 is 0. The van der Waals surface area contributed by atoms with E-state index in [4.69, 9.17) is 0 Å². The van der Waals surface area contributed by atoms with E-state index >= 15 is 0 Å². The fourth-order valence-electron chi connectivity index (χ4n) is 3.90. The van der Waals surface area contributed by atoms with Crippen molar-refractivity contribution >= 4 is 17.7 Å². The maximum Gasteiger partial charge on any atom is 0.310 e. The van der Waals surface area contributed by atoms with Crippen molar-refractivity contribution in [3.05, 3.63) is 0 Å². The highest BCUT2D eigenvalue weighted by Gasteiger charge is 2.69. The van der Waals surface area contributed by atoms with Crippen molar-refractivity contribution in [2.75, 3.05) is 7.11 Å². The van der Waals surface area contributed by atoms with E-state index in [-0.39, 0.29) is 0 Å². The summed E-state index contributed by atoms with van der Waals surface area (Å²) in [4.78, 5) is 35.8. The third-order valence-electron chi connectivity index (χ3n) is 4.89. The minimum absolute atomic E-state index is 0.399. The number of ketones is 1. The molecule has 106 valence electrons. The summed E-state index contributed by atoms with van der Waals surface area (Å²) in [6, 6.07) is 0. The number of ether oxygens (including phenoxy) is 1. The molecule has 0 aliphatic heterocycles. The fourth-order valence-corrected chi connectivity index (χ4v) is 3.90. The maximum absolute atomic E-state index is 12.4. The van der Waals surface area contributed by atoms with Crippen LogP contribution in [-0.2, 0) is 19.1 Å². The molecule has 0 radical (unpaired) electrons. The molecule has 19 heavy (non-hydrogen) atoms. The molecule has 6 heteroatoms. The van der Waals surface area contributed by atoms with E-state index in [2.05, 4.69) is 4.74 Å². The molecular formula is C13H18O6. The number of fused-ring (bicyclic) bond motifs is 3. The van der Waals surface area contributed by atoms with Gasteiger partial charge in [-0.05, 0) is 19.8 Å². The summed E-state index contributed by atoms with van der Waals surface area (Å²) in [5.74, 6) is -5.17. The zero-order valence-electron chi connectivity index (χ0n) is 11.2. The van der Waals surface area contributed by atoms with Gasteiger partial charge in [-0.2, -0.15) is 0 Å². The fraction of sp³-hybridized carbons (Fsp3) is 0.769. The molecule has 0 saturated heterocycles. The zero-order valence-corrected chi connectivity index (χ0v) is 11.2. The molecule has 6 nitrogen and oxygen atoms in total. The number of methoxy groups -OCH3 is 1. The molecule has 5 atom stereocenters. The summed E-state index contributed by atoms with van der Waals surface area (Å²) in [6.07, 6.45) is 0.815. The summed E-state index contributed by atoms with van der Waals surface area (Å²) < 4.78 is 4.67. The average Bonchev–Trinajstić information content (AvgIpc) is 2.34. The summed E-state index contributed by atoms with van der Waals surface area (Å²) in [5.41, 5.74) is -2.87. The highest BCUT2D eigenvalue weighted by atomic mass is 16.5. The van der Waals surface area contributed by atoms with Crippen LogP contribution >= 0.6 is 0 Å². The Labute approximate surface area is 110 Å². The number of esters is 1. The summed E-state index contributed by atoms with van der Waals surface area (Å²) in [7, 11) is 1.18. The molecule has 5 unspecified atom stereocenters. The number of hydrogen-bond acceptors (Lipinski definition) is 5. The SMILES string of the molecule is COC(=O)C1C(C(=O)O)C2CCC1(C)C(=O)C2(C)O. The second-order valence-electron chi connectivity index (χ2n) is 5.90. The molecule has 3 fully saturated rings. The smallest absolute Gasteiger partial charge is 0.310 e. The first-order valence-electron chi connectivity index (χ1n) is 6.26. The molecule has 0 amide bonds. The zero-order chi connectivity index (χ0) is 14.6. The van der Waals surface area contributed by atoms with Gasteiger partial charge < -0.3 is 14.9 Å². The molecule has 0 aromatic rings. The lowest BCUT2D eigenvalue weighted by Crippen LogP contribution is -2.68. The van der Waals surface area contributed by atoms with Gasteiger partial charge in [0.25, 0.3) is 0 Å². The van der Waals surface area contributed by atoms with Crippen LogP contribution < -0.4 is 0 Å². The van der Waals surface area contributed by atoms with Crippen LogP contribution in [0, 0.1) is 23.2 Å². The van der Waals surface area contributed by atoms with Gasteiger partial charge in [-0.25, -0.2) is 0 Å². The van der Waals surface area contributed by atoms with Crippen LogP contribution in [0.4, 0.5) is 0 Å². The number of rotatable bonds is 2. The molecule has 3 saturated carbocycles. The van der Waals surface area contributed by atoms with Crippen molar-refractivity contribution < 1.29 is 29.3 Å². The van der Waals surface area contributed by atoms with Crippen LogP contribution in [-0.4, -0.2) is 40.6 Å². The first-order valence-corrected chi connectivity index (χ1v) is 6.26. The van der Waals surface area contributed by atoms with Crippen molar-refractivity contribution in [3.63, 3.8) is 0 Å². The van der Waals surface area contributed by atoms with Crippen LogP contribution in [0.3, 0.4) is 0 Å². The second-order valence-corrected chi connectivity index (χ2v) is 5.90. The lowest BCUT2D eigenvalue weighted by atomic mass is 9.46. The first-order chi connectivity index (χ1) is 8.67. The van der Waals surface area contributed by atoms with Crippen molar-refractivity contribution in [2.45, 2.75) is 32.3 Å². The number of carboxylic acids is 1. The molecule has 0 spiro atoms. The number of carbonyl (C=O) groups is 3. The van der Waals surface area contributed by atoms with E-state index in [9.17, 15) is 24.6 Å².